The number of likely N-dealkylation sites (tertiary alicyclic amines) is 1. The number of nitrogens with zero attached hydrogens (tertiary/aromatic N) is 2. The molecule has 2 unspecified atom stereocenters. The van der Waals surface area contributed by atoms with Gasteiger partial charge in [0.1, 0.15) is 11.6 Å². The Bertz CT molecular complexity index is 1240. The number of benzene rings is 2. The van der Waals surface area contributed by atoms with Gasteiger partial charge in [-0.15, -0.1) is 6.58 Å². The highest BCUT2D eigenvalue weighted by atomic mass is 35.5. The number of carbonyl (C=O) groups is 3. The molecule has 3 heterocycles. The van der Waals surface area contributed by atoms with Crippen molar-refractivity contribution in [1.82, 2.24) is 4.90 Å². The number of esters is 1. The standard InChI is InChI=1S/C30H33ClN2O6/c1-3-16-32(21-12-10-20(31)11-13-21)28(36)26-30-15-14-23(39-30)24(29(37)38-4-2)25(30)27(35)33(26)22(18-34)17-19-8-6-5-7-9-19/h3,5-13,22-26,34H,1,4,14-18H2,2H3/t22-,23+,24-,25+,26?,30?/m1/s1. The molecule has 1 spiro atoms. The molecule has 2 aromatic rings. The molecule has 8 nitrogen and oxygen atoms in total. The first-order valence-corrected chi connectivity index (χ1v) is 13.7. The Morgan fingerprint density at radius 1 is 1.26 bits per heavy atom. The summed E-state index contributed by atoms with van der Waals surface area (Å²) in [5.74, 6) is -2.88. The van der Waals surface area contributed by atoms with E-state index in [1.165, 1.54) is 4.90 Å². The van der Waals surface area contributed by atoms with E-state index in [9.17, 15) is 19.5 Å². The molecule has 3 aliphatic heterocycles. The Kier molecular flexibility index (Phi) is 7.80. The van der Waals surface area contributed by atoms with Crippen molar-refractivity contribution < 1.29 is 29.0 Å². The number of amides is 2. The lowest BCUT2D eigenvalue weighted by Gasteiger charge is -2.39. The smallest absolute Gasteiger partial charge is 0.312 e. The van der Waals surface area contributed by atoms with Gasteiger partial charge in [0, 0.05) is 17.3 Å². The quantitative estimate of drug-likeness (QED) is 0.358. The maximum atomic E-state index is 14.6. The fourth-order valence-electron chi connectivity index (χ4n) is 6.63. The van der Waals surface area contributed by atoms with Crippen LogP contribution in [0.1, 0.15) is 25.3 Å². The first-order chi connectivity index (χ1) is 18.9. The second kappa shape index (κ2) is 11.1. The predicted octanol–water partition coefficient (Wildman–Crippen LogP) is 3.40. The molecule has 1 N–H and O–H groups in total. The second-order valence-electron chi connectivity index (χ2n) is 10.3. The highest BCUT2D eigenvalue weighted by Crippen LogP contribution is 2.59. The van der Waals surface area contributed by atoms with Crippen LogP contribution in [0.4, 0.5) is 5.69 Å². The van der Waals surface area contributed by atoms with Crippen LogP contribution >= 0.6 is 11.6 Å². The Hall–Kier alpha value is -3.20. The van der Waals surface area contributed by atoms with Crippen LogP contribution in [0.25, 0.3) is 0 Å². The number of aliphatic hydroxyl groups excluding tert-OH is 1. The summed E-state index contributed by atoms with van der Waals surface area (Å²) in [5, 5.41) is 11.1. The van der Waals surface area contributed by atoms with Crippen molar-refractivity contribution in [2.24, 2.45) is 11.8 Å². The largest absolute Gasteiger partial charge is 0.466 e. The van der Waals surface area contributed by atoms with Gasteiger partial charge in [-0.3, -0.25) is 14.4 Å². The minimum atomic E-state index is -1.20. The third-order valence-electron chi connectivity index (χ3n) is 8.17. The van der Waals surface area contributed by atoms with E-state index >= 15 is 0 Å². The van der Waals surface area contributed by atoms with E-state index < -0.39 is 41.6 Å². The van der Waals surface area contributed by atoms with E-state index in [0.717, 1.165) is 5.56 Å². The van der Waals surface area contributed by atoms with Crippen LogP contribution in [-0.2, 0) is 30.3 Å². The van der Waals surface area contributed by atoms with Crippen LogP contribution in [0.3, 0.4) is 0 Å². The molecule has 0 saturated carbocycles. The summed E-state index contributed by atoms with van der Waals surface area (Å²) in [6, 6.07) is 14.6. The Morgan fingerprint density at radius 3 is 2.62 bits per heavy atom. The minimum absolute atomic E-state index is 0.180. The van der Waals surface area contributed by atoms with Gasteiger partial charge in [-0.2, -0.15) is 0 Å². The summed E-state index contributed by atoms with van der Waals surface area (Å²) in [6.45, 7) is 5.56. The lowest BCUT2D eigenvalue weighted by molar-refractivity contribution is -0.155. The summed E-state index contributed by atoms with van der Waals surface area (Å²) >= 11 is 6.11. The average molecular weight is 553 g/mol. The fraction of sp³-hybridized carbons (Fsp3) is 0.433. The topological polar surface area (TPSA) is 96.4 Å². The number of carbonyl (C=O) groups excluding carboxylic acids is 3. The molecule has 2 aromatic carbocycles. The first-order valence-electron chi connectivity index (χ1n) is 13.4. The molecule has 3 saturated heterocycles. The maximum Gasteiger partial charge on any atom is 0.312 e. The van der Waals surface area contributed by atoms with Crippen LogP contribution in [-0.4, -0.2) is 71.3 Å². The average Bonchev–Trinajstić information content (AvgIpc) is 3.59. The number of fused-ring (bicyclic) bond motifs is 1. The minimum Gasteiger partial charge on any atom is -0.466 e. The first kappa shape index (κ1) is 27.4. The van der Waals surface area contributed by atoms with Gasteiger partial charge >= 0.3 is 5.97 Å². The molecule has 206 valence electrons. The van der Waals surface area contributed by atoms with Crippen molar-refractivity contribution >= 4 is 35.1 Å². The van der Waals surface area contributed by atoms with Crippen molar-refractivity contribution in [3.63, 3.8) is 0 Å². The molecule has 3 fully saturated rings. The second-order valence-corrected chi connectivity index (χ2v) is 10.7. The van der Waals surface area contributed by atoms with Crippen LogP contribution < -0.4 is 4.90 Å². The Morgan fingerprint density at radius 2 is 1.97 bits per heavy atom. The molecule has 6 atom stereocenters. The fourth-order valence-corrected chi connectivity index (χ4v) is 6.75. The van der Waals surface area contributed by atoms with E-state index in [4.69, 9.17) is 21.1 Å². The van der Waals surface area contributed by atoms with E-state index in [-0.39, 0.29) is 31.6 Å². The van der Waals surface area contributed by atoms with Crippen molar-refractivity contribution in [1.29, 1.82) is 0 Å². The summed E-state index contributed by atoms with van der Waals surface area (Å²) < 4.78 is 11.8. The highest BCUT2D eigenvalue weighted by molar-refractivity contribution is 6.30. The van der Waals surface area contributed by atoms with E-state index in [0.29, 0.717) is 30.0 Å². The zero-order chi connectivity index (χ0) is 27.7. The van der Waals surface area contributed by atoms with Crippen LogP contribution in [0.5, 0.6) is 0 Å². The van der Waals surface area contributed by atoms with Gasteiger partial charge in [0.05, 0.1) is 37.2 Å². The predicted molar refractivity (Wildman–Crippen MR) is 146 cm³/mol. The molecule has 0 aromatic heterocycles. The Balaban J connectivity index is 1.60. The number of aliphatic hydroxyl groups is 1. The van der Waals surface area contributed by atoms with Gasteiger partial charge in [-0.1, -0.05) is 48.0 Å². The SMILES string of the molecule is C=CCN(C(=O)C1N([C@@H](CO)Cc2ccccc2)C(=O)[C@@H]2[C@H](C(=O)OCC)[C@@H]3CCC12O3)c1ccc(Cl)cc1. The van der Waals surface area contributed by atoms with E-state index in [1.54, 1.807) is 42.2 Å². The molecular formula is C30H33ClN2O6. The maximum absolute atomic E-state index is 14.6. The summed E-state index contributed by atoms with van der Waals surface area (Å²) in [4.78, 5) is 44.9. The molecule has 2 bridgehead atoms. The molecule has 3 aliphatic rings. The van der Waals surface area contributed by atoms with E-state index in [2.05, 4.69) is 6.58 Å². The van der Waals surface area contributed by atoms with Gasteiger partial charge in [-0.05, 0) is 56.0 Å². The zero-order valence-electron chi connectivity index (χ0n) is 21.9. The number of rotatable bonds is 10. The monoisotopic (exact) mass is 552 g/mol. The van der Waals surface area contributed by atoms with Gasteiger partial charge < -0.3 is 24.4 Å². The van der Waals surface area contributed by atoms with Crippen molar-refractivity contribution in [2.45, 2.75) is 50.0 Å². The van der Waals surface area contributed by atoms with Crippen LogP contribution in [0.15, 0.2) is 67.3 Å². The summed E-state index contributed by atoms with van der Waals surface area (Å²) in [7, 11) is 0. The lowest BCUT2D eigenvalue weighted by atomic mass is 9.70. The van der Waals surface area contributed by atoms with Crippen LogP contribution in [0, 0.1) is 11.8 Å². The third-order valence-corrected chi connectivity index (χ3v) is 8.42. The molecule has 5 rings (SSSR count). The van der Waals surface area contributed by atoms with Gasteiger partial charge in [0.2, 0.25) is 5.91 Å². The number of halogens is 1. The highest BCUT2D eigenvalue weighted by Gasteiger charge is 2.75. The van der Waals surface area contributed by atoms with Gasteiger partial charge in [0.25, 0.3) is 5.91 Å². The van der Waals surface area contributed by atoms with Crippen molar-refractivity contribution in [2.75, 3.05) is 24.7 Å². The van der Waals surface area contributed by atoms with Crippen molar-refractivity contribution in [3.8, 4) is 0 Å². The van der Waals surface area contributed by atoms with Gasteiger partial charge in [-0.25, -0.2) is 0 Å². The zero-order valence-corrected chi connectivity index (χ0v) is 22.6. The molecule has 39 heavy (non-hydrogen) atoms. The number of anilines is 1. The molecule has 9 heteroatoms. The summed E-state index contributed by atoms with van der Waals surface area (Å²) in [5.41, 5.74) is 0.305. The Labute approximate surface area is 233 Å². The molecule has 0 aliphatic carbocycles. The third kappa shape index (κ3) is 4.64. The normalized spacial score (nSPS) is 27.8. The molecule has 2 amide bonds. The van der Waals surface area contributed by atoms with Crippen molar-refractivity contribution in [3.05, 3.63) is 77.8 Å². The number of hydrogen-bond donors (Lipinski definition) is 1. The summed E-state index contributed by atoms with van der Waals surface area (Å²) in [6.07, 6.45) is 2.44. The van der Waals surface area contributed by atoms with Crippen LogP contribution in [0.2, 0.25) is 5.02 Å². The number of hydrogen-bond acceptors (Lipinski definition) is 6. The van der Waals surface area contributed by atoms with E-state index in [1.807, 2.05) is 30.3 Å². The lowest BCUT2D eigenvalue weighted by Crippen LogP contribution is -2.59. The molecular weight excluding hydrogens is 520 g/mol. The van der Waals surface area contributed by atoms with Gasteiger partial charge in [0.15, 0.2) is 0 Å². The molecule has 0 radical (unpaired) electrons. The number of ether oxygens (including phenoxy) is 2.